The molecule has 1 aliphatic carbocycles. The topological polar surface area (TPSA) is 236 Å². The van der Waals surface area contributed by atoms with Gasteiger partial charge in [-0.3, -0.25) is 33.6 Å². The average molecular weight is 774 g/mol. The molecule has 0 unspecified atom stereocenters. The van der Waals surface area contributed by atoms with E-state index in [-0.39, 0.29) is 31.5 Å². The molecule has 0 aromatic carbocycles. The van der Waals surface area contributed by atoms with Crippen LogP contribution in [0.2, 0.25) is 0 Å². The highest BCUT2D eigenvalue weighted by Crippen LogP contribution is 2.28. The Bertz CT molecular complexity index is 1430. The van der Waals surface area contributed by atoms with Crippen LogP contribution in [0.5, 0.6) is 0 Å². The molecule has 6 amide bonds. The van der Waals surface area contributed by atoms with E-state index in [1.165, 1.54) is 22.0 Å². The number of esters is 1. The predicted molar refractivity (Wildman–Crippen MR) is 203 cm³/mol. The molecule has 7 N–H and O–H groups in total. The Morgan fingerprint density at radius 2 is 1.67 bits per heavy atom. The van der Waals surface area contributed by atoms with Gasteiger partial charge in [0.15, 0.2) is 0 Å². The Balaban J connectivity index is 1.99. The first kappa shape index (κ1) is 44.9. The van der Waals surface area contributed by atoms with Crippen molar-refractivity contribution < 1.29 is 38.3 Å². The number of carbonyl (C=O) groups is 7. The number of amides is 6. The van der Waals surface area contributed by atoms with Gasteiger partial charge in [-0.1, -0.05) is 66.2 Å². The normalized spacial score (nSPS) is 25.8. The summed E-state index contributed by atoms with van der Waals surface area (Å²) < 4.78 is 7.36. The Morgan fingerprint density at radius 3 is 2.31 bits per heavy atom. The van der Waals surface area contributed by atoms with Crippen molar-refractivity contribution in [3.8, 4) is 0 Å². The third kappa shape index (κ3) is 14.2. The zero-order chi connectivity index (χ0) is 40.5. The smallest absolute Gasteiger partial charge is 0.325 e. The fourth-order valence-corrected chi connectivity index (χ4v) is 7.10. The van der Waals surface area contributed by atoms with Crippen LogP contribution in [0, 0.1) is 17.8 Å². The van der Waals surface area contributed by atoms with E-state index in [1.807, 2.05) is 13.8 Å². The molecular weight excluding hydrogens is 710 g/mol. The number of unbranched alkanes of at least 4 members (excludes halogenated alkanes) is 3. The lowest BCUT2D eigenvalue weighted by Crippen LogP contribution is -2.62. The predicted octanol–water partition coefficient (Wildman–Crippen LogP) is 0.514. The molecule has 6 atom stereocenters. The maximum atomic E-state index is 14.2. The Hall–Kier alpha value is -4.54. The molecule has 3 rings (SSSR count). The second-order valence-electron chi connectivity index (χ2n) is 15.3. The van der Waals surface area contributed by atoms with Crippen molar-refractivity contribution >= 4 is 41.4 Å². The van der Waals surface area contributed by atoms with Gasteiger partial charge in [0.05, 0.1) is 12.2 Å². The van der Waals surface area contributed by atoms with E-state index < -0.39 is 84.1 Å². The molecule has 0 bridgehead atoms. The standard InChI is InChI=1S/C38H63N9O8/c1-6-7-8-12-15-30-25(4)38(54)46(5)29(18-24(2)3)36(52)45-33(26-13-10-9-11-14-26)37(53)43-27(19-39)35(51)44-28(34(50)42-21-32(49)55-30)20-41-31(48)22-47-17-16-40-23-47/h16-17,23-30,33H,6-15,18-22,39H2,1-5H3,(H,41,48)(H,42,50)(H,43,53)(H,44,51)(H,45,52)/t25-,27+,28+,29+,30-,33+/m1/s1. The summed E-state index contributed by atoms with van der Waals surface area (Å²) >= 11 is 0. The minimum atomic E-state index is -1.38. The van der Waals surface area contributed by atoms with Crippen LogP contribution in [0.15, 0.2) is 18.7 Å². The second kappa shape index (κ2) is 22.7. The van der Waals surface area contributed by atoms with E-state index in [9.17, 15) is 33.6 Å². The summed E-state index contributed by atoms with van der Waals surface area (Å²) in [6.07, 6.45) is 11.9. The second-order valence-corrected chi connectivity index (χ2v) is 15.3. The van der Waals surface area contributed by atoms with Crippen LogP contribution >= 0.6 is 0 Å². The number of likely N-dealkylation sites (N-methyl/N-ethyl adjacent to an activating group) is 1. The van der Waals surface area contributed by atoms with E-state index in [0.717, 1.165) is 38.5 Å². The molecule has 1 aromatic heterocycles. The number of hydrogen-bond donors (Lipinski definition) is 6. The summed E-state index contributed by atoms with van der Waals surface area (Å²) in [7, 11) is 1.54. The lowest BCUT2D eigenvalue weighted by atomic mass is 9.83. The molecule has 1 saturated carbocycles. The van der Waals surface area contributed by atoms with Crippen LogP contribution in [0.4, 0.5) is 0 Å². The Morgan fingerprint density at radius 1 is 0.964 bits per heavy atom. The fraction of sp³-hybridized carbons (Fsp3) is 0.737. The number of carbonyl (C=O) groups excluding carboxylic acids is 7. The van der Waals surface area contributed by atoms with E-state index in [4.69, 9.17) is 10.5 Å². The van der Waals surface area contributed by atoms with Crippen molar-refractivity contribution in [2.45, 2.75) is 135 Å². The Kier molecular flexibility index (Phi) is 18.5. The van der Waals surface area contributed by atoms with Gasteiger partial charge < -0.3 is 46.5 Å². The first-order valence-corrected chi connectivity index (χ1v) is 19.8. The summed E-state index contributed by atoms with van der Waals surface area (Å²) in [5.41, 5.74) is 5.98. The van der Waals surface area contributed by atoms with Crippen molar-refractivity contribution in [1.82, 2.24) is 41.0 Å². The zero-order valence-electron chi connectivity index (χ0n) is 33.1. The molecule has 0 radical (unpaired) electrons. The minimum Gasteiger partial charge on any atom is -0.460 e. The molecule has 1 aromatic rings. The van der Waals surface area contributed by atoms with Crippen LogP contribution in [-0.2, 0) is 44.8 Å². The monoisotopic (exact) mass is 773 g/mol. The largest absolute Gasteiger partial charge is 0.460 e. The zero-order valence-corrected chi connectivity index (χ0v) is 33.1. The lowest BCUT2D eigenvalue weighted by Gasteiger charge is -2.36. The summed E-state index contributed by atoms with van der Waals surface area (Å²) in [5.74, 6) is -5.48. The first-order chi connectivity index (χ1) is 26.2. The lowest BCUT2D eigenvalue weighted by molar-refractivity contribution is -0.157. The van der Waals surface area contributed by atoms with Gasteiger partial charge >= 0.3 is 5.97 Å². The molecule has 17 heteroatoms. The SMILES string of the molecule is CCCCCC[C@H]1OC(=O)CNC(=O)[C@H](CNC(=O)Cn2ccnc2)NC(=O)[C@H](CN)NC(=O)[C@H](C2CCCCC2)NC(=O)[C@H](CC(C)C)N(C)C(=O)[C@@H]1C. The van der Waals surface area contributed by atoms with Gasteiger partial charge in [-0.15, -0.1) is 0 Å². The maximum Gasteiger partial charge on any atom is 0.325 e. The van der Waals surface area contributed by atoms with Gasteiger partial charge in [-0.2, -0.15) is 0 Å². The maximum absolute atomic E-state index is 14.2. The molecule has 2 fully saturated rings. The molecule has 1 saturated heterocycles. The third-order valence-electron chi connectivity index (χ3n) is 10.4. The van der Waals surface area contributed by atoms with E-state index >= 15 is 0 Å². The number of nitrogens with two attached hydrogens (primary N) is 1. The van der Waals surface area contributed by atoms with Gasteiger partial charge in [0, 0.05) is 32.5 Å². The third-order valence-corrected chi connectivity index (χ3v) is 10.4. The molecular formula is C38H63N9O8. The van der Waals surface area contributed by atoms with Gasteiger partial charge in [-0.25, -0.2) is 4.98 Å². The van der Waals surface area contributed by atoms with Crippen molar-refractivity contribution in [2.24, 2.45) is 23.5 Å². The van der Waals surface area contributed by atoms with Crippen LogP contribution < -0.4 is 32.3 Å². The van der Waals surface area contributed by atoms with Gasteiger partial charge in [0.25, 0.3) is 0 Å². The molecule has 1 aliphatic heterocycles. The summed E-state index contributed by atoms with van der Waals surface area (Å²) in [6.45, 7) is 6.20. The van der Waals surface area contributed by atoms with Crippen LogP contribution in [0.1, 0.15) is 98.3 Å². The molecule has 2 aliphatic rings. The van der Waals surface area contributed by atoms with E-state index in [0.29, 0.717) is 32.1 Å². The van der Waals surface area contributed by atoms with Crippen molar-refractivity contribution in [1.29, 1.82) is 0 Å². The number of aromatic nitrogens is 2. The molecule has 0 spiro atoms. The molecule has 2 heterocycles. The van der Waals surface area contributed by atoms with Crippen molar-refractivity contribution in [2.75, 3.05) is 26.7 Å². The van der Waals surface area contributed by atoms with E-state index in [1.54, 1.807) is 20.2 Å². The molecule has 17 nitrogen and oxygen atoms in total. The Labute approximate surface area is 324 Å². The summed E-state index contributed by atoms with van der Waals surface area (Å²) in [4.78, 5) is 101. The fourth-order valence-electron chi connectivity index (χ4n) is 7.10. The van der Waals surface area contributed by atoms with Gasteiger partial charge in [0.1, 0.15) is 43.4 Å². The number of cyclic esters (lactones) is 1. The number of nitrogens with zero attached hydrogens (tertiary/aromatic N) is 3. The van der Waals surface area contributed by atoms with Crippen molar-refractivity contribution in [3.63, 3.8) is 0 Å². The average Bonchev–Trinajstić information content (AvgIpc) is 3.68. The molecule has 308 valence electrons. The highest BCUT2D eigenvalue weighted by molar-refractivity contribution is 5.96. The van der Waals surface area contributed by atoms with Crippen LogP contribution in [0.3, 0.4) is 0 Å². The first-order valence-electron chi connectivity index (χ1n) is 19.8. The molecule has 55 heavy (non-hydrogen) atoms. The minimum absolute atomic E-state index is 0.00472. The van der Waals surface area contributed by atoms with Gasteiger partial charge in [0.2, 0.25) is 35.4 Å². The summed E-state index contributed by atoms with van der Waals surface area (Å²) in [5, 5.41) is 13.3. The number of ether oxygens (including phenoxy) is 1. The van der Waals surface area contributed by atoms with E-state index in [2.05, 4.69) is 38.5 Å². The van der Waals surface area contributed by atoms with Crippen LogP contribution in [0.25, 0.3) is 0 Å². The van der Waals surface area contributed by atoms with Crippen molar-refractivity contribution in [3.05, 3.63) is 18.7 Å². The summed E-state index contributed by atoms with van der Waals surface area (Å²) in [6, 6.07) is -4.67. The van der Waals surface area contributed by atoms with Gasteiger partial charge in [-0.05, 0) is 43.9 Å². The highest BCUT2D eigenvalue weighted by atomic mass is 16.5. The number of imidazole rings is 1. The number of nitrogens with one attached hydrogen (secondary N) is 5. The number of rotatable bonds is 13. The quantitative estimate of drug-likeness (QED) is 0.120. The highest BCUT2D eigenvalue weighted by Gasteiger charge is 2.39. The van der Waals surface area contributed by atoms with Crippen LogP contribution in [-0.4, -0.2) is 113 Å². The number of hydrogen-bond acceptors (Lipinski definition) is 10.